The van der Waals surface area contributed by atoms with Gasteiger partial charge in [0.25, 0.3) is 11.5 Å². The van der Waals surface area contributed by atoms with Gasteiger partial charge in [-0.3, -0.25) is 19.0 Å². The number of nitrogens with zero attached hydrogens (tertiary/aromatic N) is 4. The highest BCUT2D eigenvalue weighted by atomic mass is 32.2. The Bertz CT molecular complexity index is 753. The van der Waals surface area contributed by atoms with Gasteiger partial charge in [0.2, 0.25) is 5.91 Å². The molecule has 2 saturated heterocycles. The van der Waals surface area contributed by atoms with Crippen molar-refractivity contribution < 1.29 is 14.3 Å². The Labute approximate surface area is 155 Å². The molecule has 4 heterocycles. The van der Waals surface area contributed by atoms with Crippen molar-refractivity contribution in [1.29, 1.82) is 0 Å². The molecule has 3 aliphatic heterocycles. The van der Waals surface area contributed by atoms with Crippen LogP contribution in [0.4, 0.5) is 0 Å². The molecule has 2 unspecified atom stereocenters. The second-order valence-electron chi connectivity index (χ2n) is 6.84. The van der Waals surface area contributed by atoms with Crippen LogP contribution in [0.1, 0.15) is 12.8 Å². The first-order chi connectivity index (χ1) is 12.6. The van der Waals surface area contributed by atoms with Gasteiger partial charge in [0.15, 0.2) is 5.16 Å². The summed E-state index contributed by atoms with van der Waals surface area (Å²) in [4.78, 5) is 45.1. The Hall–Kier alpha value is -1.87. The molecule has 0 aliphatic carbocycles. The number of thioether (sulfide) groups is 1. The zero-order valence-corrected chi connectivity index (χ0v) is 15.3. The van der Waals surface area contributed by atoms with Gasteiger partial charge in [0.05, 0.1) is 5.92 Å². The van der Waals surface area contributed by atoms with Crippen LogP contribution in [0, 0.1) is 5.92 Å². The molecule has 0 N–H and O–H groups in total. The highest BCUT2D eigenvalue weighted by Gasteiger charge is 2.34. The summed E-state index contributed by atoms with van der Waals surface area (Å²) < 4.78 is 7.05. The normalized spacial score (nSPS) is 25.8. The van der Waals surface area contributed by atoms with Gasteiger partial charge in [0, 0.05) is 57.3 Å². The Morgan fingerprint density at radius 2 is 1.88 bits per heavy atom. The molecule has 1 aromatic rings. The summed E-state index contributed by atoms with van der Waals surface area (Å²) in [5.74, 6) is 0.511. The number of piperazine rings is 1. The van der Waals surface area contributed by atoms with Gasteiger partial charge in [-0.2, -0.15) is 0 Å². The fraction of sp³-hybridized carbons (Fsp3) is 0.647. The van der Waals surface area contributed by atoms with Gasteiger partial charge in [0.1, 0.15) is 6.10 Å². The van der Waals surface area contributed by atoms with Crippen molar-refractivity contribution in [1.82, 2.24) is 19.4 Å². The molecule has 0 radical (unpaired) electrons. The van der Waals surface area contributed by atoms with E-state index in [0.29, 0.717) is 50.2 Å². The van der Waals surface area contributed by atoms with E-state index in [-0.39, 0.29) is 29.4 Å². The lowest BCUT2D eigenvalue weighted by atomic mass is 10.1. The predicted molar refractivity (Wildman–Crippen MR) is 94.8 cm³/mol. The van der Waals surface area contributed by atoms with Crippen LogP contribution in [0.2, 0.25) is 0 Å². The third-order valence-electron chi connectivity index (χ3n) is 5.17. The summed E-state index contributed by atoms with van der Waals surface area (Å²) in [6.07, 6.45) is 2.93. The molecule has 0 spiro atoms. The largest absolute Gasteiger partial charge is 0.368 e. The molecule has 2 amide bonds. The van der Waals surface area contributed by atoms with Crippen molar-refractivity contribution in [3.05, 3.63) is 22.6 Å². The van der Waals surface area contributed by atoms with Crippen molar-refractivity contribution in [2.75, 3.05) is 38.5 Å². The number of fused-ring (bicyclic) bond motifs is 1. The van der Waals surface area contributed by atoms with Gasteiger partial charge in [-0.25, -0.2) is 4.98 Å². The third kappa shape index (κ3) is 3.37. The molecule has 140 valence electrons. The van der Waals surface area contributed by atoms with E-state index >= 15 is 0 Å². The maximum Gasteiger partial charge on any atom is 0.254 e. The third-order valence-corrected chi connectivity index (χ3v) is 6.33. The van der Waals surface area contributed by atoms with Crippen molar-refractivity contribution in [3.63, 3.8) is 0 Å². The number of ether oxygens (including phenoxy) is 1. The van der Waals surface area contributed by atoms with Gasteiger partial charge < -0.3 is 14.5 Å². The average molecular weight is 378 g/mol. The van der Waals surface area contributed by atoms with E-state index in [2.05, 4.69) is 4.98 Å². The summed E-state index contributed by atoms with van der Waals surface area (Å²) in [6, 6.07) is 1.42. The fourth-order valence-electron chi connectivity index (χ4n) is 3.68. The fourth-order valence-corrected chi connectivity index (χ4v) is 4.74. The highest BCUT2D eigenvalue weighted by molar-refractivity contribution is 7.99. The standard InChI is InChI=1S/C17H22N4O4S/c22-14-3-4-18-17-21(14)10-12(11-26-17)15(23)19-5-7-20(8-6-19)16(24)13-2-1-9-25-13/h3-4,12-13H,1-2,5-11H2. The van der Waals surface area contributed by atoms with E-state index in [0.717, 1.165) is 12.8 Å². The second kappa shape index (κ2) is 7.40. The maximum absolute atomic E-state index is 12.9. The molecule has 3 aliphatic rings. The minimum absolute atomic E-state index is 0.0503. The van der Waals surface area contributed by atoms with Gasteiger partial charge in [-0.15, -0.1) is 0 Å². The number of aromatic nitrogens is 2. The molecular weight excluding hydrogens is 356 g/mol. The Balaban J connectivity index is 1.35. The van der Waals surface area contributed by atoms with Gasteiger partial charge >= 0.3 is 0 Å². The zero-order valence-electron chi connectivity index (χ0n) is 14.5. The number of amides is 2. The number of hydrogen-bond acceptors (Lipinski definition) is 6. The van der Waals surface area contributed by atoms with Crippen LogP contribution in [0.5, 0.6) is 0 Å². The molecule has 0 saturated carbocycles. The maximum atomic E-state index is 12.9. The Kier molecular flexibility index (Phi) is 4.99. The number of carbonyl (C=O) groups is 2. The van der Waals surface area contributed by atoms with Gasteiger partial charge in [-0.05, 0) is 12.8 Å². The summed E-state index contributed by atoms with van der Waals surface area (Å²) in [5, 5.41) is 0.675. The lowest BCUT2D eigenvalue weighted by Crippen LogP contribution is -2.54. The van der Waals surface area contributed by atoms with E-state index in [4.69, 9.17) is 4.74 Å². The lowest BCUT2D eigenvalue weighted by Gasteiger charge is -2.37. The van der Waals surface area contributed by atoms with Crippen molar-refractivity contribution in [2.24, 2.45) is 5.92 Å². The predicted octanol–water partition coefficient (Wildman–Crippen LogP) is -0.185. The first-order valence-corrected chi connectivity index (χ1v) is 10.00. The smallest absolute Gasteiger partial charge is 0.254 e. The average Bonchev–Trinajstić information content (AvgIpc) is 3.22. The molecule has 0 aromatic carbocycles. The first kappa shape index (κ1) is 17.5. The number of rotatable bonds is 2. The van der Waals surface area contributed by atoms with Crippen molar-refractivity contribution >= 4 is 23.6 Å². The monoisotopic (exact) mass is 378 g/mol. The minimum atomic E-state index is -0.303. The molecule has 8 nitrogen and oxygen atoms in total. The number of carbonyl (C=O) groups excluding carboxylic acids is 2. The van der Waals surface area contributed by atoms with E-state index < -0.39 is 0 Å². The lowest BCUT2D eigenvalue weighted by molar-refractivity contribution is -0.147. The van der Waals surface area contributed by atoms with Crippen LogP contribution in [0.3, 0.4) is 0 Å². The van der Waals surface area contributed by atoms with Gasteiger partial charge in [-0.1, -0.05) is 11.8 Å². The first-order valence-electron chi connectivity index (χ1n) is 9.01. The molecule has 26 heavy (non-hydrogen) atoms. The SMILES string of the molecule is O=C(C1CSc2nccc(=O)n2C1)N1CCN(C(=O)C2CCCO2)CC1. The molecule has 9 heteroatoms. The van der Waals surface area contributed by atoms with Crippen LogP contribution in [-0.2, 0) is 20.9 Å². The van der Waals surface area contributed by atoms with E-state index in [1.165, 1.54) is 24.0 Å². The zero-order chi connectivity index (χ0) is 18.1. The van der Waals surface area contributed by atoms with E-state index in [1.807, 2.05) is 4.90 Å². The number of hydrogen-bond donors (Lipinski definition) is 0. The van der Waals surface area contributed by atoms with Crippen LogP contribution < -0.4 is 5.56 Å². The molecule has 1 aromatic heterocycles. The summed E-state index contributed by atoms with van der Waals surface area (Å²) in [6.45, 7) is 3.19. The van der Waals surface area contributed by atoms with E-state index in [1.54, 1.807) is 9.47 Å². The van der Waals surface area contributed by atoms with Crippen LogP contribution in [0.25, 0.3) is 0 Å². The highest BCUT2D eigenvalue weighted by Crippen LogP contribution is 2.26. The minimum Gasteiger partial charge on any atom is -0.368 e. The van der Waals surface area contributed by atoms with E-state index in [9.17, 15) is 14.4 Å². The quantitative estimate of drug-likeness (QED) is 0.664. The molecular formula is C17H22N4O4S. The van der Waals surface area contributed by atoms with Crippen LogP contribution in [0.15, 0.2) is 22.2 Å². The Morgan fingerprint density at radius 1 is 1.15 bits per heavy atom. The van der Waals surface area contributed by atoms with Crippen molar-refractivity contribution in [3.8, 4) is 0 Å². The summed E-state index contributed by atoms with van der Waals surface area (Å²) in [7, 11) is 0. The topological polar surface area (TPSA) is 84.7 Å². The molecule has 2 atom stereocenters. The van der Waals surface area contributed by atoms with Crippen LogP contribution in [-0.4, -0.2) is 75.8 Å². The summed E-state index contributed by atoms with van der Waals surface area (Å²) >= 11 is 1.45. The molecule has 0 bridgehead atoms. The second-order valence-corrected chi connectivity index (χ2v) is 7.82. The molecule has 4 rings (SSSR count). The summed E-state index contributed by atoms with van der Waals surface area (Å²) in [5.41, 5.74) is -0.119. The Morgan fingerprint density at radius 3 is 2.58 bits per heavy atom. The van der Waals surface area contributed by atoms with Crippen molar-refractivity contribution in [2.45, 2.75) is 30.6 Å². The molecule has 2 fully saturated rings. The van der Waals surface area contributed by atoms with Crippen LogP contribution >= 0.6 is 11.8 Å².